The summed E-state index contributed by atoms with van der Waals surface area (Å²) in [5.74, 6) is 2.87. The fourth-order valence-electron chi connectivity index (χ4n) is 3.57. The number of rotatable bonds is 7. The summed E-state index contributed by atoms with van der Waals surface area (Å²) in [5, 5.41) is 0. The summed E-state index contributed by atoms with van der Waals surface area (Å²) in [5.41, 5.74) is 0.142. The molecular weight excluding hydrogens is 404 g/mol. The summed E-state index contributed by atoms with van der Waals surface area (Å²) in [7, 11) is 0. The second-order valence-corrected chi connectivity index (χ2v) is 8.21. The third-order valence-electron chi connectivity index (χ3n) is 5.10. The highest BCUT2D eigenvalue weighted by molar-refractivity contribution is 7.98. The van der Waals surface area contributed by atoms with Crippen molar-refractivity contribution in [1.29, 1.82) is 0 Å². The SMILES string of the molecule is CCCCn1c(=O)[nH]c(=O)c2c1nc(CSc1ccc3c(c1)OCCCO3)n2CC. The van der Waals surface area contributed by atoms with Crippen molar-refractivity contribution in [2.45, 2.75) is 56.8 Å². The molecule has 3 aromatic rings. The van der Waals surface area contributed by atoms with Crippen LogP contribution in [0.5, 0.6) is 11.5 Å². The van der Waals surface area contributed by atoms with E-state index in [9.17, 15) is 9.59 Å². The van der Waals surface area contributed by atoms with Gasteiger partial charge in [-0.25, -0.2) is 9.78 Å². The smallest absolute Gasteiger partial charge is 0.330 e. The summed E-state index contributed by atoms with van der Waals surface area (Å²) >= 11 is 1.61. The van der Waals surface area contributed by atoms with Gasteiger partial charge in [0.1, 0.15) is 5.82 Å². The number of imidazole rings is 1. The second kappa shape index (κ2) is 8.99. The van der Waals surface area contributed by atoms with Gasteiger partial charge in [0.2, 0.25) is 0 Å². The third kappa shape index (κ3) is 3.98. The van der Waals surface area contributed by atoms with Crippen LogP contribution in [0, 0.1) is 0 Å². The Hall–Kier alpha value is -2.68. The lowest BCUT2D eigenvalue weighted by atomic mass is 10.3. The molecule has 160 valence electrons. The molecule has 3 heterocycles. The highest BCUT2D eigenvalue weighted by atomic mass is 32.2. The van der Waals surface area contributed by atoms with Gasteiger partial charge >= 0.3 is 5.69 Å². The standard InChI is InChI=1S/C21H26N4O4S/c1-3-5-9-25-19-18(20(26)23-21(25)27)24(4-2)17(22-19)13-30-14-7-8-15-16(12-14)29-11-6-10-28-15/h7-8,12H,3-6,9-11,13H2,1-2H3,(H,23,26,27). The summed E-state index contributed by atoms with van der Waals surface area (Å²) in [6.07, 6.45) is 2.67. The Morgan fingerprint density at radius 1 is 1.13 bits per heavy atom. The number of nitrogens with zero attached hydrogens (tertiary/aromatic N) is 3. The molecule has 1 aliphatic heterocycles. The maximum atomic E-state index is 12.5. The quantitative estimate of drug-likeness (QED) is 0.579. The first-order chi connectivity index (χ1) is 14.6. The van der Waals surface area contributed by atoms with E-state index in [1.807, 2.05) is 29.7 Å². The number of aromatic amines is 1. The van der Waals surface area contributed by atoms with E-state index in [0.29, 0.717) is 43.2 Å². The van der Waals surface area contributed by atoms with Crippen LogP contribution >= 0.6 is 11.8 Å². The summed E-state index contributed by atoms with van der Waals surface area (Å²) < 4.78 is 14.9. The van der Waals surface area contributed by atoms with Crippen molar-refractivity contribution in [3.63, 3.8) is 0 Å². The molecule has 4 rings (SSSR count). The lowest BCUT2D eigenvalue weighted by molar-refractivity contribution is 0.297. The van der Waals surface area contributed by atoms with E-state index in [1.54, 1.807) is 16.3 Å². The zero-order chi connectivity index (χ0) is 21.1. The van der Waals surface area contributed by atoms with E-state index in [4.69, 9.17) is 14.5 Å². The molecule has 2 aromatic heterocycles. The fraction of sp³-hybridized carbons (Fsp3) is 0.476. The number of unbranched alkanes of at least 4 members (excludes halogenated alkanes) is 1. The molecule has 0 bridgehead atoms. The zero-order valence-corrected chi connectivity index (χ0v) is 18.1. The van der Waals surface area contributed by atoms with Crippen molar-refractivity contribution in [2.75, 3.05) is 13.2 Å². The first-order valence-corrected chi connectivity index (χ1v) is 11.4. The molecular formula is C21H26N4O4S. The van der Waals surface area contributed by atoms with Gasteiger partial charge in [0.05, 0.1) is 19.0 Å². The van der Waals surface area contributed by atoms with Crippen LogP contribution in [0.3, 0.4) is 0 Å². The molecule has 30 heavy (non-hydrogen) atoms. The highest BCUT2D eigenvalue weighted by Gasteiger charge is 2.18. The molecule has 0 aliphatic carbocycles. The fourth-order valence-corrected chi connectivity index (χ4v) is 4.44. The number of ether oxygens (including phenoxy) is 2. The number of hydrogen-bond donors (Lipinski definition) is 1. The van der Waals surface area contributed by atoms with Gasteiger partial charge < -0.3 is 14.0 Å². The van der Waals surface area contributed by atoms with Gasteiger partial charge in [0.25, 0.3) is 5.56 Å². The number of H-pyrrole nitrogens is 1. The van der Waals surface area contributed by atoms with Gasteiger partial charge in [-0.2, -0.15) is 0 Å². The minimum atomic E-state index is -0.399. The molecule has 0 saturated heterocycles. The molecule has 1 aromatic carbocycles. The Labute approximate surface area is 178 Å². The van der Waals surface area contributed by atoms with E-state index in [0.717, 1.165) is 41.5 Å². The Kier molecular flexibility index (Phi) is 6.17. The second-order valence-electron chi connectivity index (χ2n) is 7.16. The van der Waals surface area contributed by atoms with Gasteiger partial charge in [-0.15, -0.1) is 11.8 Å². The van der Waals surface area contributed by atoms with E-state index in [2.05, 4.69) is 11.9 Å². The molecule has 0 radical (unpaired) electrons. The van der Waals surface area contributed by atoms with Crippen molar-refractivity contribution < 1.29 is 9.47 Å². The Morgan fingerprint density at radius 3 is 2.70 bits per heavy atom. The van der Waals surface area contributed by atoms with Crippen molar-refractivity contribution >= 4 is 22.9 Å². The monoisotopic (exact) mass is 430 g/mol. The number of aromatic nitrogens is 4. The predicted molar refractivity (Wildman–Crippen MR) is 117 cm³/mol. The van der Waals surface area contributed by atoms with Gasteiger partial charge in [-0.3, -0.25) is 14.3 Å². The number of benzene rings is 1. The lowest BCUT2D eigenvalue weighted by Crippen LogP contribution is -2.31. The molecule has 0 unspecified atom stereocenters. The van der Waals surface area contributed by atoms with Crippen molar-refractivity contribution in [3.8, 4) is 11.5 Å². The first-order valence-electron chi connectivity index (χ1n) is 10.4. The molecule has 0 atom stereocenters. The topological polar surface area (TPSA) is 91.1 Å². The van der Waals surface area contributed by atoms with Crippen LogP contribution in [-0.4, -0.2) is 32.3 Å². The summed E-state index contributed by atoms with van der Waals surface area (Å²) in [6, 6.07) is 5.91. The largest absolute Gasteiger partial charge is 0.490 e. The number of nitrogens with one attached hydrogen (secondary N) is 1. The molecule has 0 fully saturated rings. The summed E-state index contributed by atoms with van der Waals surface area (Å²) in [4.78, 5) is 33.0. The maximum Gasteiger partial charge on any atom is 0.330 e. The van der Waals surface area contributed by atoms with Crippen LogP contribution in [-0.2, 0) is 18.8 Å². The lowest BCUT2D eigenvalue weighted by Gasteiger charge is -2.09. The van der Waals surface area contributed by atoms with Crippen LogP contribution in [0.2, 0.25) is 0 Å². The Morgan fingerprint density at radius 2 is 1.93 bits per heavy atom. The average Bonchev–Trinajstić information content (AvgIpc) is 2.95. The molecule has 1 aliphatic rings. The number of fused-ring (bicyclic) bond motifs is 2. The number of aryl methyl sites for hydroxylation is 2. The number of hydrogen-bond acceptors (Lipinski definition) is 6. The van der Waals surface area contributed by atoms with E-state index in [-0.39, 0.29) is 5.56 Å². The Balaban J connectivity index is 1.66. The minimum Gasteiger partial charge on any atom is -0.490 e. The Bertz CT molecular complexity index is 1160. The molecule has 0 saturated carbocycles. The normalized spacial score (nSPS) is 13.5. The van der Waals surface area contributed by atoms with Gasteiger partial charge in [-0.05, 0) is 31.5 Å². The average molecular weight is 431 g/mol. The van der Waals surface area contributed by atoms with Crippen LogP contribution in [0.15, 0.2) is 32.7 Å². The van der Waals surface area contributed by atoms with Crippen LogP contribution in [0.1, 0.15) is 38.9 Å². The summed E-state index contributed by atoms with van der Waals surface area (Å²) in [6.45, 7) is 6.49. The maximum absolute atomic E-state index is 12.5. The van der Waals surface area contributed by atoms with E-state index in [1.165, 1.54) is 0 Å². The van der Waals surface area contributed by atoms with Gasteiger partial charge in [0.15, 0.2) is 22.7 Å². The molecule has 1 N–H and O–H groups in total. The van der Waals surface area contributed by atoms with Crippen molar-refractivity contribution in [2.24, 2.45) is 0 Å². The highest BCUT2D eigenvalue weighted by Crippen LogP contribution is 2.35. The number of thioether (sulfide) groups is 1. The van der Waals surface area contributed by atoms with Gasteiger partial charge in [-0.1, -0.05) is 13.3 Å². The van der Waals surface area contributed by atoms with E-state index >= 15 is 0 Å². The predicted octanol–water partition coefficient (Wildman–Crippen LogP) is 3.16. The van der Waals surface area contributed by atoms with Crippen molar-refractivity contribution in [1.82, 2.24) is 19.1 Å². The zero-order valence-electron chi connectivity index (χ0n) is 17.3. The molecule has 9 heteroatoms. The third-order valence-corrected chi connectivity index (χ3v) is 6.09. The van der Waals surface area contributed by atoms with E-state index < -0.39 is 5.69 Å². The van der Waals surface area contributed by atoms with Crippen molar-refractivity contribution in [3.05, 3.63) is 44.9 Å². The molecule has 0 spiro atoms. The first kappa shape index (κ1) is 20.6. The van der Waals surface area contributed by atoms with Crippen LogP contribution in [0.25, 0.3) is 11.2 Å². The van der Waals surface area contributed by atoms with Crippen LogP contribution < -0.4 is 20.7 Å². The minimum absolute atomic E-state index is 0.385. The molecule has 8 nitrogen and oxygen atoms in total. The van der Waals surface area contributed by atoms with Crippen LogP contribution in [0.4, 0.5) is 0 Å². The molecule has 0 amide bonds. The van der Waals surface area contributed by atoms with Gasteiger partial charge in [0, 0.05) is 24.4 Å².